The highest BCUT2D eigenvalue weighted by Gasteiger charge is 2.07. The van der Waals surface area contributed by atoms with Crippen LogP contribution >= 0.6 is 0 Å². The largest absolute Gasteiger partial charge is 0.478 e. The summed E-state index contributed by atoms with van der Waals surface area (Å²) >= 11 is 0. The van der Waals surface area contributed by atoms with E-state index in [0.29, 0.717) is 0 Å². The lowest BCUT2D eigenvalue weighted by Gasteiger charge is -1.88. The van der Waals surface area contributed by atoms with Gasteiger partial charge in [-0.25, -0.2) is 9.59 Å². The van der Waals surface area contributed by atoms with E-state index in [1.807, 2.05) is 0 Å². The van der Waals surface area contributed by atoms with Gasteiger partial charge in [0.25, 0.3) is 0 Å². The summed E-state index contributed by atoms with van der Waals surface area (Å²) in [6.45, 7) is 0. The van der Waals surface area contributed by atoms with Gasteiger partial charge in [0.1, 0.15) is 0 Å². The molecule has 6 heteroatoms. The topological polar surface area (TPSA) is 98.2 Å². The van der Waals surface area contributed by atoms with Crippen molar-refractivity contribution in [2.75, 3.05) is 0 Å². The van der Waals surface area contributed by atoms with Gasteiger partial charge in [0.05, 0.1) is 18.0 Å². The molecule has 0 unspecified atom stereocenters. The lowest BCUT2D eigenvalue weighted by molar-refractivity contribution is 0.0697. The maximum Gasteiger partial charge on any atom is 0.339 e. The molecular weight excluding hydrogens is 150 g/mol. The monoisotopic (exact) mass is 155 g/mol. The molecular formula is C5H5N3O3. The molecule has 1 rings (SSSR count). The van der Waals surface area contributed by atoms with Gasteiger partial charge in [-0.15, -0.1) is 0 Å². The van der Waals surface area contributed by atoms with Crippen molar-refractivity contribution < 1.29 is 14.7 Å². The molecule has 1 heterocycles. The Balaban J connectivity index is 2.99. The highest BCUT2D eigenvalue weighted by atomic mass is 16.4. The summed E-state index contributed by atoms with van der Waals surface area (Å²) in [5, 5.41) is 11.8. The van der Waals surface area contributed by atoms with Crippen molar-refractivity contribution in [1.29, 1.82) is 0 Å². The molecule has 1 amide bonds. The fourth-order valence-corrected chi connectivity index (χ4v) is 0.554. The Morgan fingerprint density at radius 1 is 1.64 bits per heavy atom. The van der Waals surface area contributed by atoms with Crippen LogP contribution in [0.3, 0.4) is 0 Å². The second-order valence-corrected chi connectivity index (χ2v) is 1.82. The van der Waals surface area contributed by atoms with Crippen LogP contribution in [0.4, 0.5) is 4.79 Å². The summed E-state index contributed by atoms with van der Waals surface area (Å²) in [5.74, 6) is -1.14. The van der Waals surface area contributed by atoms with E-state index < -0.39 is 12.0 Å². The maximum absolute atomic E-state index is 10.4. The number of aromatic nitrogens is 2. The molecule has 0 aliphatic heterocycles. The van der Waals surface area contributed by atoms with E-state index >= 15 is 0 Å². The van der Waals surface area contributed by atoms with Gasteiger partial charge in [-0.3, -0.25) is 0 Å². The zero-order valence-electron chi connectivity index (χ0n) is 5.39. The van der Waals surface area contributed by atoms with E-state index in [4.69, 9.17) is 10.8 Å². The van der Waals surface area contributed by atoms with Crippen molar-refractivity contribution in [1.82, 2.24) is 9.78 Å². The average Bonchev–Trinajstić information content (AvgIpc) is 2.33. The second kappa shape index (κ2) is 2.41. The number of nitrogens with two attached hydrogens (primary N) is 1. The molecule has 58 valence electrons. The van der Waals surface area contributed by atoms with Crippen molar-refractivity contribution >= 4 is 12.0 Å². The van der Waals surface area contributed by atoms with Gasteiger partial charge in [-0.1, -0.05) is 0 Å². The molecule has 0 spiro atoms. The number of nitrogens with zero attached hydrogens (tertiary/aromatic N) is 2. The minimum atomic E-state index is -1.14. The summed E-state index contributed by atoms with van der Waals surface area (Å²) in [7, 11) is 0. The molecule has 1 aromatic rings. The molecule has 0 aliphatic rings. The zero-order valence-corrected chi connectivity index (χ0v) is 5.39. The first-order valence-electron chi connectivity index (χ1n) is 2.69. The Morgan fingerprint density at radius 2 is 2.27 bits per heavy atom. The molecule has 0 radical (unpaired) electrons. The predicted octanol–water partition coefficient (Wildman–Crippen LogP) is -0.492. The lowest BCUT2D eigenvalue weighted by Crippen LogP contribution is -2.19. The van der Waals surface area contributed by atoms with E-state index in [-0.39, 0.29) is 5.56 Å². The van der Waals surface area contributed by atoms with E-state index in [2.05, 4.69) is 5.10 Å². The first kappa shape index (κ1) is 7.26. The Hall–Kier alpha value is -1.85. The number of primary amides is 1. The maximum atomic E-state index is 10.4. The fourth-order valence-electron chi connectivity index (χ4n) is 0.554. The van der Waals surface area contributed by atoms with Gasteiger partial charge < -0.3 is 10.8 Å². The average molecular weight is 155 g/mol. The van der Waals surface area contributed by atoms with Crippen molar-refractivity contribution in [3.8, 4) is 0 Å². The number of carbonyl (C=O) groups is 2. The van der Waals surface area contributed by atoms with E-state index in [1.165, 1.54) is 0 Å². The van der Waals surface area contributed by atoms with E-state index in [1.54, 1.807) is 0 Å². The summed E-state index contributed by atoms with van der Waals surface area (Å²) in [4.78, 5) is 20.6. The van der Waals surface area contributed by atoms with Crippen LogP contribution in [0.5, 0.6) is 0 Å². The molecule has 0 saturated carbocycles. The third kappa shape index (κ3) is 1.34. The van der Waals surface area contributed by atoms with Crippen LogP contribution < -0.4 is 5.73 Å². The third-order valence-corrected chi connectivity index (χ3v) is 1.06. The number of aromatic carboxylic acids is 1. The van der Waals surface area contributed by atoms with Gasteiger partial charge in [0, 0.05) is 0 Å². The third-order valence-electron chi connectivity index (χ3n) is 1.06. The highest BCUT2D eigenvalue weighted by Crippen LogP contribution is 1.95. The van der Waals surface area contributed by atoms with Gasteiger partial charge >= 0.3 is 12.0 Å². The van der Waals surface area contributed by atoms with Crippen LogP contribution in [-0.4, -0.2) is 26.9 Å². The van der Waals surface area contributed by atoms with Crippen LogP contribution in [0.25, 0.3) is 0 Å². The molecule has 0 bridgehead atoms. The molecule has 0 aromatic carbocycles. The highest BCUT2D eigenvalue weighted by molar-refractivity contribution is 5.88. The second-order valence-electron chi connectivity index (χ2n) is 1.82. The summed E-state index contributed by atoms with van der Waals surface area (Å²) < 4.78 is 0.753. The van der Waals surface area contributed by atoms with Crippen molar-refractivity contribution in [3.63, 3.8) is 0 Å². The van der Waals surface area contributed by atoms with E-state index in [0.717, 1.165) is 17.1 Å². The van der Waals surface area contributed by atoms with E-state index in [9.17, 15) is 9.59 Å². The smallest absolute Gasteiger partial charge is 0.339 e. The molecule has 6 nitrogen and oxygen atoms in total. The van der Waals surface area contributed by atoms with Crippen LogP contribution in [0.2, 0.25) is 0 Å². The van der Waals surface area contributed by atoms with Gasteiger partial charge in [-0.05, 0) is 0 Å². The number of carbonyl (C=O) groups excluding carboxylic acids is 1. The Morgan fingerprint density at radius 3 is 2.55 bits per heavy atom. The Bertz CT molecular complexity index is 275. The molecule has 0 aliphatic carbocycles. The van der Waals surface area contributed by atoms with Crippen LogP contribution in [-0.2, 0) is 0 Å². The quantitative estimate of drug-likeness (QED) is 0.571. The van der Waals surface area contributed by atoms with Crippen LogP contribution in [0.1, 0.15) is 10.4 Å². The molecule has 1 aromatic heterocycles. The van der Waals surface area contributed by atoms with Gasteiger partial charge in [0.2, 0.25) is 0 Å². The Kier molecular flexibility index (Phi) is 1.59. The fraction of sp³-hybridized carbons (Fsp3) is 0. The molecule has 0 fully saturated rings. The van der Waals surface area contributed by atoms with Gasteiger partial charge in [0.15, 0.2) is 0 Å². The zero-order chi connectivity index (χ0) is 8.43. The van der Waals surface area contributed by atoms with Crippen molar-refractivity contribution in [2.45, 2.75) is 0 Å². The predicted molar refractivity (Wildman–Crippen MR) is 34.2 cm³/mol. The SMILES string of the molecule is NC(=O)n1cc(C(=O)O)cn1. The molecule has 0 atom stereocenters. The van der Waals surface area contributed by atoms with Gasteiger partial charge in [-0.2, -0.15) is 9.78 Å². The first-order valence-corrected chi connectivity index (χ1v) is 2.69. The molecule has 11 heavy (non-hydrogen) atoms. The summed E-state index contributed by atoms with van der Waals surface area (Å²) in [6.07, 6.45) is 2.09. The normalized spacial score (nSPS) is 9.45. The minimum absolute atomic E-state index is 0.0659. The van der Waals surface area contributed by atoms with Crippen molar-refractivity contribution in [2.24, 2.45) is 5.73 Å². The number of carboxylic acids is 1. The number of carboxylic acid groups (broad SMARTS) is 1. The Labute approximate surface area is 61.2 Å². The standard InChI is InChI=1S/C5H5N3O3/c6-5(11)8-2-3(1-7-8)4(9)10/h1-2H,(H2,6,11)(H,9,10). The summed E-state index contributed by atoms with van der Waals surface area (Å²) in [6, 6.07) is -0.808. The minimum Gasteiger partial charge on any atom is -0.478 e. The van der Waals surface area contributed by atoms with Crippen LogP contribution in [0.15, 0.2) is 12.4 Å². The summed E-state index contributed by atoms with van der Waals surface area (Å²) in [5.41, 5.74) is 4.73. The first-order chi connectivity index (χ1) is 5.11. The van der Waals surface area contributed by atoms with Crippen molar-refractivity contribution in [3.05, 3.63) is 18.0 Å². The number of hydrogen-bond donors (Lipinski definition) is 2. The number of amides is 1. The van der Waals surface area contributed by atoms with Crippen LogP contribution in [0, 0.1) is 0 Å². The molecule has 3 N–H and O–H groups in total. The number of rotatable bonds is 1. The molecule has 0 saturated heterocycles. The number of hydrogen-bond acceptors (Lipinski definition) is 3. The lowest BCUT2D eigenvalue weighted by atomic mass is 10.4.